The number of amides is 3. The van der Waals surface area contributed by atoms with Crippen molar-refractivity contribution in [1.82, 2.24) is 10.2 Å². The molecule has 3 heterocycles. The summed E-state index contributed by atoms with van der Waals surface area (Å²) in [7, 11) is 0. The number of nitrogens with zero attached hydrogens (tertiary/aromatic N) is 1. The van der Waals surface area contributed by atoms with Gasteiger partial charge in [0, 0.05) is 50.3 Å². The van der Waals surface area contributed by atoms with E-state index in [1.165, 1.54) is 6.07 Å². The largest absolute Gasteiger partial charge is 0.381 e. The van der Waals surface area contributed by atoms with E-state index in [1.54, 1.807) is 11.0 Å². The molecule has 0 aromatic heterocycles. The van der Waals surface area contributed by atoms with Crippen LogP contribution < -0.4 is 10.6 Å². The van der Waals surface area contributed by atoms with E-state index < -0.39 is 5.82 Å². The van der Waals surface area contributed by atoms with Crippen LogP contribution in [-0.4, -0.2) is 61.4 Å². The zero-order valence-corrected chi connectivity index (χ0v) is 15.3. The Bertz CT molecular complexity index is 764. The summed E-state index contributed by atoms with van der Waals surface area (Å²) < 4.78 is 26.4. The fourth-order valence-corrected chi connectivity index (χ4v) is 4.16. The van der Waals surface area contributed by atoms with Crippen LogP contribution in [0.4, 0.5) is 14.9 Å². The standard InChI is InChI=1S/C19H24FN3O4/c1-12-10-23(11-19(27-12)5-8-26-9-6-19)18(25)22-15-3-2-14-13(16(15)20)4-7-21-17(14)24/h2-3,12H,4-11H2,1H3,(H,21,24)(H,22,25). The van der Waals surface area contributed by atoms with Crippen LogP contribution in [0.3, 0.4) is 0 Å². The van der Waals surface area contributed by atoms with Crippen molar-refractivity contribution in [3.05, 3.63) is 29.1 Å². The molecule has 4 rings (SSSR count). The first-order valence-corrected chi connectivity index (χ1v) is 9.38. The zero-order chi connectivity index (χ0) is 19.0. The lowest BCUT2D eigenvalue weighted by Crippen LogP contribution is -2.59. The minimum Gasteiger partial charge on any atom is -0.381 e. The summed E-state index contributed by atoms with van der Waals surface area (Å²) in [6, 6.07) is 2.66. The Balaban J connectivity index is 1.51. The molecule has 0 bridgehead atoms. The van der Waals surface area contributed by atoms with E-state index in [9.17, 15) is 14.0 Å². The molecule has 1 aromatic rings. The predicted molar refractivity (Wildman–Crippen MR) is 96.4 cm³/mol. The number of halogens is 1. The maximum atomic E-state index is 14.8. The fraction of sp³-hybridized carbons (Fsp3) is 0.579. The quantitative estimate of drug-likeness (QED) is 0.784. The molecular formula is C19H24FN3O4. The van der Waals surface area contributed by atoms with Crippen LogP contribution in [0, 0.1) is 5.82 Å². The highest BCUT2D eigenvalue weighted by molar-refractivity contribution is 5.98. The van der Waals surface area contributed by atoms with Gasteiger partial charge in [-0.05, 0) is 25.5 Å². The maximum Gasteiger partial charge on any atom is 0.322 e. The van der Waals surface area contributed by atoms with Crippen LogP contribution in [0.25, 0.3) is 0 Å². The van der Waals surface area contributed by atoms with Gasteiger partial charge in [0.2, 0.25) is 0 Å². The number of nitrogens with one attached hydrogen (secondary N) is 2. The first-order valence-electron chi connectivity index (χ1n) is 9.38. The number of hydrogen-bond donors (Lipinski definition) is 2. The second-order valence-corrected chi connectivity index (χ2v) is 7.49. The molecule has 1 spiro atoms. The molecule has 3 amide bonds. The molecule has 3 aliphatic heterocycles. The van der Waals surface area contributed by atoms with Gasteiger partial charge in [0.05, 0.1) is 23.9 Å². The summed E-state index contributed by atoms with van der Waals surface area (Å²) in [4.78, 5) is 26.3. The summed E-state index contributed by atoms with van der Waals surface area (Å²) >= 11 is 0. The van der Waals surface area contributed by atoms with Crippen molar-refractivity contribution >= 4 is 17.6 Å². The van der Waals surface area contributed by atoms with Crippen molar-refractivity contribution in [3.8, 4) is 0 Å². The molecule has 1 unspecified atom stereocenters. The third-order valence-electron chi connectivity index (χ3n) is 5.49. The van der Waals surface area contributed by atoms with Crippen molar-refractivity contribution in [1.29, 1.82) is 0 Å². The normalized spacial score (nSPS) is 24.3. The van der Waals surface area contributed by atoms with Crippen molar-refractivity contribution < 1.29 is 23.5 Å². The molecule has 2 N–H and O–H groups in total. The third kappa shape index (κ3) is 3.51. The second-order valence-electron chi connectivity index (χ2n) is 7.49. The Morgan fingerprint density at radius 3 is 2.93 bits per heavy atom. The Kier molecular flexibility index (Phi) is 4.77. The van der Waals surface area contributed by atoms with E-state index in [-0.39, 0.29) is 29.3 Å². The van der Waals surface area contributed by atoms with Crippen molar-refractivity contribution in [2.45, 2.75) is 37.9 Å². The van der Waals surface area contributed by atoms with Gasteiger partial charge < -0.3 is 25.0 Å². The smallest absolute Gasteiger partial charge is 0.322 e. The SMILES string of the molecule is CC1CN(C(=O)Nc2ccc3c(c2F)CCNC3=O)CC2(CCOCC2)O1. The van der Waals surface area contributed by atoms with Gasteiger partial charge in [0.15, 0.2) is 5.82 Å². The number of anilines is 1. The van der Waals surface area contributed by atoms with Crippen LogP contribution >= 0.6 is 0 Å². The molecule has 1 atom stereocenters. The number of fused-ring (bicyclic) bond motifs is 1. The van der Waals surface area contributed by atoms with Gasteiger partial charge in [-0.15, -0.1) is 0 Å². The van der Waals surface area contributed by atoms with E-state index in [1.807, 2.05) is 6.92 Å². The third-order valence-corrected chi connectivity index (χ3v) is 5.49. The molecule has 7 nitrogen and oxygen atoms in total. The highest BCUT2D eigenvalue weighted by Gasteiger charge is 2.42. The molecule has 1 aromatic carbocycles. The number of carbonyl (C=O) groups excluding carboxylic acids is 2. The summed E-state index contributed by atoms with van der Waals surface area (Å²) in [5.74, 6) is -0.811. The predicted octanol–water partition coefficient (Wildman–Crippen LogP) is 1.91. The van der Waals surface area contributed by atoms with Crippen molar-refractivity contribution in [2.24, 2.45) is 0 Å². The van der Waals surface area contributed by atoms with E-state index in [0.29, 0.717) is 50.4 Å². The van der Waals surface area contributed by atoms with Gasteiger partial charge in [-0.25, -0.2) is 9.18 Å². The molecule has 27 heavy (non-hydrogen) atoms. The maximum absolute atomic E-state index is 14.8. The lowest BCUT2D eigenvalue weighted by atomic mass is 9.91. The molecule has 0 radical (unpaired) electrons. The van der Waals surface area contributed by atoms with E-state index in [0.717, 1.165) is 12.8 Å². The van der Waals surface area contributed by atoms with Crippen LogP contribution in [-0.2, 0) is 15.9 Å². The highest BCUT2D eigenvalue weighted by atomic mass is 19.1. The summed E-state index contributed by atoms with van der Waals surface area (Å²) in [6.45, 7) is 4.47. The van der Waals surface area contributed by atoms with Crippen LogP contribution in [0.1, 0.15) is 35.7 Å². The first-order chi connectivity index (χ1) is 13.0. The summed E-state index contributed by atoms with van der Waals surface area (Å²) in [5.41, 5.74) is 0.402. The number of urea groups is 1. The number of benzene rings is 1. The minimum atomic E-state index is -0.530. The fourth-order valence-electron chi connectivity index (χ4n) is 4.16. The number of rotatable bonds is 1. The molecule has 8 heteroatoms. The topological polar surface area (TPSA) is 79.9 Å². The number of hydrogen-bond acceptors (Lipinski definition) is 4. The minimum absolute atomic E-state index is 0.0975. The van der Waals surface area contributed by atoms with Crippen LogP contribution in [0.15, 0.2) is 12.1 Å². The lowest BCUT2D eigenvalue weighted by Gasteiger charge is -2.47. The van der Waals surface area contributed by atoms with Gasteiger partial charge in [0.1, 0.15) is 0 Å². The Hall–Kier alpha value is -2.19. The van der Waals surface area contributed by atoms with E-state index in [4.69, 9.17) is 9.47 Å². The molecule has 146 valence electrons. The van der Waals surface area contributed by atoms with Gasteiger partial charge in [-0.3, -0.25) is 4.79 Å². The zero-order valence-electron chi connectivity index (χ0n) is 15.3. The molecule has 2 fully saturated rings. The van der Waals surface area contributed by atoms with E-state index in [2.05, 4.69) is 10.6 Å². The second kappa shape index (κ2) is 7.09. The molecule has 0 saturated carbocycles. The molecule has 3 aliphatic rings. The number of ether oxygens (including phenoxy) is 2. The van der Waals surface area contributed by atoms with Gasteiger partial charge in [-0.2, -0.15) is 0 Å². The van der Waals surface area contributed by atoms with Crippen molar-refractivity contribution in [2.75, 3.05) is 38.2 Å². The van der Waals surface area contributed by atoms with Gasteiger partial charge in [-0.1, -0.05) is 0 Å². The Morgan fingerprint density at radius 2 is 2.15 bits per heavy atom. The van der Waals surface area contributed by atoms with Gasteiger partial charge in [0.25, 0.3) is 5.91 Å². The summed E-state index contributed by atoms with van der Waals surface area (Å²) in [6.07, 6.45) is 1.79. The summed E-state index contributed by atoms with van der Waals surface area (Å²) in [5, 5.41) is 5.37. The average molecular weight is 377 g/mol. The van der Waals surface area contributed by atoms with Crippen molar-refractivity contribution in [3.63, 3.8) is 0 Å². The number of carbonyl (C=O) groups is 2. The van der Waals surface area contributed by atoms with Crippen LogP contribution in [0.2, 0.25) is 0 Å². The number of morpholine rings is 1. The lowest BCUT2D eigenvalue weighted by molar-refractivity contribution is -0.174. The Labute approximate surface area is 157 Å². The molecular weight excluding hydrogens is 353 g/mol. The van der Waals surface area contributed by atoms with Gasteiger partial charge >= 0.3 is 6.03 Å². The molecule has 2 saturated heterocycles. The first kappa shape index (κ1) is 18.2. The monoisotopic (exact) mass is 377 g/mol. The molecule has 0 aliphatic carbocycles. The Morgan fingerprint density at radius 1 is 1.37 bits per heavy atom. The average Bonchev–Trinajstić information content (AvgIpc) is 2.64. The van der Waals surface area contributed by atoms with Crippen LogP contribution in [0.5, 0.6) is 0 Å². The highest BCUT2D eigenvalue weighted by Crippen LogP contribution is 2.32. The van der Waals surface area contributed by atoms with E-state index >= 15 is 0 Å².